The first-order chi connectivity index (χ1) is 13.7. The van der Waals surface area contributed by atoms with Crippen molar-refractivity contribution in [3.63, 3.8) is 0 Å². The minimum absolute atomic E-state index is 0.0506. The van der Waals surface area contributed by atoms with Gasteiger partial charge in [0.25, 0.3) is 0 Å². The Morgan fingerprint density at radius 1 is 1.00 bits per heavy atom. The van der Waals surface area contributed by atoms with Crippen LogP contribution < -0.4 is 0 Å². The summed E-state index contributed by atoms with van der Waals surface area (Å²) in [4.78, 5) is 18.5. The number of imidazole rings is 1. The summed E-state index contributed by atoms with van der Waals surface area (Å²) in [5.74, 6) is 0.147. The van der Waals surface area contributed by atoms with Crippen molar-refractivity contribution in [1.82, 2.24) is 14.5 Å². The van der Waals surface area contributed by atoms with Gasteiger partial charge in [0.15, 0.2) is 0 Å². The molecule has 2 heterocycles. The lowest BCUT2D eigenvalue weighted by Crippen LogP contribution is -2.46. The van der Waals surface area contributed by atoms with Gasteiger partial charge < -0.3 is 14.6 Å². The van der Waals surface area contributed by atoms with Gasteiger partial charge in [-0.05, 0) is 29.9 Å². The smallest absolute Gasteiger partial charge is 0.242 e. The van der Waals surface area contributed by atoms with E-state index in [1.807, 2.05) is 65.6 Å². The summed E-state index contributed by atoms with van der Waals surface area (Å²) in [7, 11) is 0. The molecule has 1 aliphatic heterocycles. The highest BCUT2D eigenvalue weighted by Gasteiger charge is 2.41. The third-order valence-corrected chi connectivity index (χ3v) is 5.74. The van der Waals surface area contributed by atoms with Gasteiger partial charge in [0.05, 0.1) is 6.33 Å². The molecular weight excluding hydrogens is 350 g/mol. The first kappa shape index (κ1) is 18.4. The number of likely N-dealkylation sites (tertiary alicyclic amines) is 1. The molecule has 0 atom stereocenters. The predicted octanol–water partition coefficient (Wildman–Crippen LogP) is 3.06. The van der Waals surface area contributed by atoms with Crippen molar-refractivity contribution in [2.75, 3.05) is 13.1 Å². The highest BCUT2D eigenvalue weighted by atomic mass is 16.3. The van der Waals surface area contributed by atoms with Gasteiger partial charge in [0, 0.05) is 25.5 Å². The molecule has 144 valence electrons. The number of benzene rings is 2. The van der Waals surface area contributed by atoms with Crippen LogP contribution in [0, 0.1) is 5.92 Å². The summed E-state index contributed by atoms with van der Waals surface area (Å²) in [6.45, 7) is 1.62. The summed E-state index contributed by atoms with van der Waals surface area (Å²) in [6, 6.07) is 19.7. The summed E-state index contributed by atoms with van der Waals surface area (Å²) in [5, 5.41) is 11.9. The van der Waals surface area contributed by atoms with E-state index in [1.54, 1.807) is 23.3 Å². The van der Waals surface area contributed by atoms with Crippen molar-refractivity contribution >= 4 is 5.91 Å². The second-order valence-corrected chi connectivity index (χ2v) is 7.39. The molecule has 3 aromatic rings. The second kappa shape index (κ2) is 7.98. The standard InChI is InChI=1S/C23H25N3O2/c27-22(17-25-16-13-24-18-25)26-14-11-21(12-15-26)23(28,19-7-3-1-4-8-19)20-9-5-2-6-10-20/h1-10,13,16,18,21,28H,11-12,14-15,17H2. The Hall–Kier alpha value is -2.92. The maximum Gasteiger partial charge on any atom is 0.242 e. The first-order valence-electron chi connectivity index (χ1n) is 9.75. The van der Waals surface area contributed by atoms with Crippen LogP contribution in [0.3, 0.4) is 0 Å². The highest BCUT2D eigenvalue weighted by molar-refractivity contribution is 5.76. The summed E-state index contributed by atoms with van der Waals surface area (Å²) in [6.07, 6.45) is 6.66. The van der Waals surface area contributed by atoms with Crippen molar-refractivity contribution < 1.29 is 9.90 Å². The normalized spacial score (nSPS) is 15.5. The third-order valence-electron chi connectivity index (χ3n) is 5.74. The molecule has 28 heavy (non-hydrogen) atoms. The van der Waals surface area contributed by atoms with Crippen LogP contribution in [0.4, 0.5) is 0 Å². The average molecular weight is 375 g/mol. The van der Waals surface area contributed by atoms with Crippen molar-refractivity contribution in [3.05, 3.63) is 90.5 Å². The van der Waals surface area contributed by atoms with Crippen molar-refractivity contribution in [1.29, 1.82) is 0 Å². The third kappa shape index (κ3) is 3.58. The Bertz CT molecular complexity index is 847. The molecule has 0 radical (unpaired) electrons. The number of aromatic nitrogens is 2. The van der Waals surface area contributed by atoms with E-state index >= 15 is 0 Å². The molecule has 5 nitrogen and oxygen atoms in total. The van der Waals surface area contributed by atoms with E-state index in [1.165, 1.54) is 0 Å². The van der Waals surface area contributed by atoms with Crippen LogP contribution >= 0.6 is 0 Å². The SMILES string of the molecule is O=C(Cn1ccnc1)N1CCC(C(O)(c2ccccc2)c2ccccc2)CC1. The van der Waals surface area contributed by atoms with Gasteiger partial charge in [0.1, 0.15) is 12.1 Å². The molecular formula is C23H25N3O2. The summed E-state index contributed by atoms with van der Waals surface area (Å²) < 4.78 is 1.79. The van der Waals surface area contributed by atoms with Crippen molar-refractivity contribution in [2.24, 2.45) is 5.92 Å². The summed E-state index contributed by atoms with van der Waals surface area (Å²) >= 11 is 0. The van der Waals surface area contributed by atoms with Crippen LogP contribution in [-0.4, -0.2) is 38.6 Å². The maximum absolute atomic E-state index is 12.6. The van der Waals surface area contributed by atoms with Gasteiger partial charge >= 0.3 is 0 Å². The minimum Gasteiger partial charge on any atom is -0.380 e. The largest absolute Gasteiger partial charge is 0.380 e. The van der Waals surface area contributed by atoms with Gasteiger partial charge in [-0.3, -0.25) is 4.79 Å². The number of aliphatic hydroxyl groups is 1. The Morgan fingerprint density at radius 3 is 2.07 bits per heavy atom. The van der Waals surface area contributed by atoms with Crippen molar-refractivity contribution in [3.8, 4) is 0 Å². The lowest BCUT2D eigenvalue weighted by Gasteiger charge is -2.42. The van der Waals surface area contributed by atoms with Crippen molar-refractivity contribution in [2.45, 2.75) is 25.0 Å². The molecule has 0 unspecified atom stereocenters. The zero-order chi connectivity index (χ0) is 19.4. The topological polar surface area (TPSA) is 58.4 Å². The minimum atomic E-state index is -1.05. The fraction of sp³-hybridized carbons (Fsp3) is 0.304. The van der Waals surface area contributed by atoms with E-state index in [0.717, 1.165) is 24.0 Å². The number of carbonyl (C=O) groups excluding carboxylic acids is 1. The zero-order valence-electron chi connectivity index (χ0n) is 15.8. The van der Waals surface area contributed by atoms with Crippen LogP contribution in [0.15, 0.2) is 79.4 Å². The molecule has 1 N–H and O–H groups in total. The number of carbonyl (C=O) groups is 1. The lowest BCUT2D eigenvalue weighted by atomic mass is 9.72. The number of nitrogens with zero attached hydrogens (tertiary/aromatic N) is 3. The van der Waals surface area contributed by atoms with Crippen LogP contribution in [0.1, 0.15) is 24.0 Å². The van der Waals surface area contributed by atoms with Gasteiger partial charge in [0.2, 0.25) is 5.91 Å². The van der Waals surface area contributed by atoms with E-state index in [9.17, 15) is 9.90 Å². The van der Waals surface area contributed by atoms with Gasteiger partial charge in [-0.25, -0.2) is 4.98 Å². The maximum atomic E-state index is 12.6. The molecule has 1 amide bonds. The molecule has 5 heteroatoms. The molecule has 0 bridgehead atoms. The molecule has 2 aromatic carbocycles. The monoisotopic (exact) mass is 375 g/mol. The Kier molecular flexibility index (Phi) is 5.26. The Balaban J connectivity index is 1.52. The number of rotatable bonds is 5. The van der Waals surface area contributed by atoms with Gasteiger partial charge in [-0.2, -0.15) is 0 Å². The van der Waals surface area contributed by atoms with E-state index in [-0.39, 0.29) is 11.8 Å². The van der Waals surface area contributed by atoms with E-state index in [0.29, 0.717) is 19.6 Å². The van der Waals surface area contributed by atoms with E-state index in [4.69, 9.17) is 0 Å². The number of piperidine rings is 1. The average Bonchev–Trinajstić information content (AvgIpc) is 3.27. The molecule has 0 spiro atoms. The second-order valence-electron chi connectivity index (χ2n) is 7.39. The quantitative estimate of drug-likeness (QED) is 0.746. The first-order valence-corrected chi connectivity index (χ1v) is 9.75. The lowest BCUT2D eigenvalue weighted by molar-refractivity contribution is -0.134. The molecule has 1 aliphatic rings. The van der Waals surface area contributed by atoms with Gasteiger partial charge in [-0.1, -0.05) is 60.7 Å². The Morgan fingerprint density at radius 2 is 1.57 bits per heavy atom. The molecule has 4 rings (SSSR count). The van der Waals surface area contributed by atoms with Crippen LogP contribution in [0.25, 0.3) is 0 Å². The van der Waals surface area contributed by atoms with Crippen LogP contribution in [-0.2, 0) is 16.9 Å². The molecule has 0 aliphatic carbocycles. The summed E-state index contributed by atoms with van der Waals surface area (Å²) in [5.41, 5.74) is 0.760. The fourth-order valence-electron chi connectivity index (χ4n) is 4.21. The fourth-order valence-corrected chi connectivity index (χ4v) is 4.21. The Labute approximate surface area is 165 Å². The molecule has 1 fully saturated rings. The predicted molar refractivity (Wildman–Crippen MR) is 107 cm³/mol. The molecule has 1 aromatic heterocycles. The highest BCUT2D eigenvalue weighted by Crippen LogP contribution is 2.41. The number of hydrogen-bond acceptors (Lipinski definition) is 3. The molecule has 1 saturated heterocycles. The van der Waals surface area contributed by atoms with E-state index in [2.05, 4.69) is 4.98 Å². The number of hydrogen-bond donors (Lipinski definition) is 1. The van der Waals surface area contributed by atoms with E-state index < -0.39 is 5.60 Å². The zero-order valence-corrected chi connectivity index (χ0v) is 15.8. The number of amides is 1. The van der Waals surface area contributed by atoms with Crippen LogP contribution in [0.5, 0.6) is 0 Å². The van der Waals surface area contributed by atoms with Gasteiger partial charge in [-0.15, -0.1) is 0 Å². The van der Waals surface area contributed by atoms with Crippen LogP contribution in [0.2, 0.25) is 0 Å². The molecule has 0 saturated carbocycles.